The molecule has 0 bridgehead atoms. The van der Waals surface area contributed by atoms with Crippen molar-refractivity contribution in [2.45, 2.75) is 31.3 Å². The van der Waals surface area contributed by atoms with Crippen molar-refractivity contribution in [3.05, 3.63) is 42.6 Å². The van der Waals surface area contributed by atoms with Gasteiger partial charge in [0.05, 0.1) is 24.8 Å². The van der Waals surface area contributed by atoms with Gasteiger partial charge in [-0.3, -0.25) is 9.36 Å². The molecule has 0 unspecified atom stereocenters. The zero-order chi connectivity index (χ0) is 20.1. The first kappa shape index (κ1) is 20.1. The molecule has 0 aliphatic heterocycles. The number of amides is 1. The van der Waals surface area contributed by atoms with Gasteiger partial charge in [-0.2, -0.15) is 13.2 Å². The van der Waals surface area contributed by atoms with Gasteiger partial charge in [0, 0.05) is 6.54 Å². The summed E-state index contributed by atoms with van der Waals surface area (Å²) in [5.74, 6) is 0.394. The second-order valence-corrected chi connectivity index (χ2v) is 6.70. The lowest BCUT2D eigenvalue weighted by Gasteiger charge is -2.22. The van der Waals surface area contributed by atoms with Crippen molar-refractivity contribution in [3.63, 3.8) is 0 Å². The van der Waals surface area contributed by atoms with E-state index in [1.165, 1.54) is 18.6 Å². The largest absolute Gasteiger partial charge is 0.467 e. The standard InChI is InChI=1S/C17H17F3N4O3S/c1-2-24-15(13-6-4-8-27-13)21-22-16(24)28-10-14(25)23(11-17(18,19)20)9-12-5-3-7-26-12/h3-8H,2,9-11H2,1H3. The number of aromatic nitrogens is 3. The molecular weight excluding hydrogens is 397 g/mol. The lowest BCUT2D eigenvalue weighted by atomic mass is 10.3. The number of rotatable bonds is 8. The molecule has 28 heavy (non-hydrogen) atoms. The number of furan rings is 2. The number of carbonyl (C=O) groups excluding carboxylic acids is 1. The Labute approximate surface area is 162 Å². The van der Waals surface area contributed by atoms with E-state index in [1.807, 2.05) is 6.92 Å². The maximum Gasteiger partial charge on any atom is 0.406 e. The third-order valence-corrected chi connectivity index (χ3v) is 4.70. The SMILES string of the molecule is CCn1c(SCC(=O)N(Cc2ccco2)CC(F)(F)F)nnc1-c1ccco1. The second kappa shape index (κ2) is 8.55. The van der Waals surface area contributed by atoms with Crippen LogP contribution in [0, 0.1) is 0 Å². The van der Waals surface area contributed by atoms with Crippen LogP contribution >= 0.6 is 11.8 Å². The average molecular weight is 414 g/mol. The smallest absolute Gasteiger partial charge is 0.406 e. The Balaban J connectivity index is 1.70. The molecular formula is C17H17F3N4O3S. The van der Waals surface area contributed by atoms with Crippen LogP contribution < -0.4 is 0 Å². The number of nitrogens with zero attached hydrogens (tertiary/aromatic N) is 4. The van der Waals surface area contributed by atoms with Gasteiger partial charge in [-0.15, -0.1) is 10.2 Å². The number of hydrogen-bond acceptors (Lipinski definition) is 6. The summed E-state index contributed by atoms with van der Waals surface area (Å²) < 4.78 is 50.7. The van der Waals surface area contributed by atoms with Crippen molar-refractivity contribution in [3.8, 4) is 11.6 Å². The zero-order valence-corrected chi connectivity index (χ0v) is 15.7. The van der Waals surface area contributed by atoms with Crippen LogP contribution in [0.5, 0.6) is 0 Å². The minimum atomic E-state index is -4.51. The number of thioether (sulfide) groups is 1. The third kappa shape index (κ3) is 4.97. The summed E-state index contributed by atoms with van der Waals surface area (Å²) in [6.07, 6.45) is -1.66. The summed E-state index contributed by atoms with van der Waals surface area (Å²) in [4.78, 5) is 13.2. The molecule has 0 fully saturated rings. The number of hydrogen-bond donors (Lipinski definition) is 0. The molecule has 3 rings (SSSR count). The average Bonchev–Trinajstić information content (AvgIpc) is 3.38. The summed E-state index contributed by atoms with van der Waals surface area (Å²) in [6, 6.07) is 6.52. The summed E-state index contributed by atoms with van der Waals surface area (Å²) in [6.45, 7) is 0.766. The second-order valence-electron chi connectivity index (χ2n) is 5.76. The van der Waals surface area contributed by atoms with Crippen LogP contribution in [0.4, 0.5) is 13.2 Å². The summed E-state index contributed by atoms with van der Waals surface area (Å²) in [5, 5.41) is 8.50. The van der Waals surface area contributed by atoms with Crippen molar-refractivity contribution < 1.29 is 26.8 Å². The van der Waals surface area contributed by atoms with Crippen LogP contribution in [0.2, 0.25) is 0 Å². The Morgan fingerprint density at radius 2 is 1.96 bits per heavy atom. The number of halogens is 3. The molecule has 7 nitrogen and oxygen atoms in total. The quantitative estimate of drug-likeness (QED) is 0.522. The molecule has 3 aromatic heterocycles. The fraction of sp³-hybridized carbons (Fsp3) is 0.353. The van der Waals surface area contributed by atoms with E-state index in [4.69, 9.17) is 8.83 Å². The highest BCUT2D eigenvalue weighted by molar-refractivity contribution is 7.99. The van der Waals surface area contributed by atoms with E-state index in [2.05, 4.69) is 10.2 Å². The van der Waals surface area contributed by atoms with Crippen molar-refractivity contribution in [1.82, 2.24) is 19.7 Å². The molecule has 0 aromatic carbocycles. The molecule has 0 N–H and O–H groups in total. The van der Waals surface area contributed by atoms with Gasteiger partial charge in [0.2, 0.25) is 5.91 Å². The van der Waals surface area contributed by atoms with Crippen LogP contribution in [-0.4, -0.2) is 44.0 Å². The highest BCUT2D eigenvalue weighted by Crippen LogP contribution is 2.25. The van der Waals surface area contributed by atoms with Crippen molar-refractivity contribution in [1.29, 1.82) is 0 Å². The summed E-state index contributed by atoms with van der Waals surface area (Å²) >= 11 is 1.02. The van der Waals surface area contributed by atoms with Crippen LogP contribution in [-0.2, 0) is 17.9 Å². The van der Waals surface area contributed by atoms with Crippen LogP contribution in [0.15, 0.2) is 50.8 Å². The topological polar surface area (TPSA) is 77.3 Å². The number of alkyl halides is 3. The third-order valence-electron chi connectivity index (χ3n) is 3.75. The molecule has 1 amide bonds. The lowest BCUT2D eigenvalue weighted by molar-refractivity contribution is -0.161. The van der Waals surface area contributed by atoms with Gasteiger partial charge in [0.1, 0.15) is 12.3 Å². The first-order valence-corrected chi connectivity index (χ1v) is 9.32. The van der Waals surface area contributed by atoms with Crippen molar-refractivity contribution in [2.24, 2.45) is 0 Å². The van der Waals surface area contributed by atoms with Gasteiger partial charge in [-0.05, 0) is 31.2 Å². The van der Waals surface area contributed by atoms with Crippen molar-refractivity contribution in [2.75, 3.05) is 12.3 Å². The van der Waals surface area contributed by atoms with E-state index in [1.54, 1.807) is 22.8 Å². The Kier molecular flexibility index (Phi) is 6.12. The van der Waals surface area contributed by atoms with Gasteiger partial charge in [-0.25, -0.2) is 0 Å². The first-order chi connectivity index (χ1) is 13.4. The summed E-state index contributed by atoms with van der Waals surface area (Å²) in [5.41, 5.74) is 0. The maximum absolute atomic E-state index is 12.9. The Bertz CT molecular complexity index is 892. The molecule has 3 heterocycles. The Morgan fingerprint density at radius 3 is 2.57 bits per heavy atom. The predicted octanol–water partition coefficient (Wildman–Crippen LogP) is 3.83. The van der Waals surface area contributed by atoms with E-state index in [9.17, 15) is 18.0 Å². The zero-order valence-electron chi connectivity index (χ0n) is 14.8. The molecule has 11 heteroatoms. The van der Waals surface area contributed by atoms with E-state index in [0.29, 0.717) is 28.2 Å². The highest BCUT2D eigenvalue weighted by atomic mass is 32.2. The first-order valence-electron chi connectivity index (χ1n) is 8.34. The van der Waals surface area contributed by atoms with Crippen LogP contribution in [0.3, 0.4) is 0 Å². The van der Waals surface area contributed by atoms with Gasteiger partial charge in [0.25, 0.3) is 0 Å². The Hall–Kier alpha value is -2.69. The molecule has 0 aliphatic carbocycles. The van der Waals surface area contributed by atoms with Gasteiger partial charge >= 0.3 is 6.18 Å². The van der Waals surface area contributed by atoms with Crippen molar-refractivity contribution >= 4 is 17.7 Å². The number of carbonyl (C=O) groups is 1. The van der Waals surface area contributed by atoms with E-state index in [0.717, 1.165) is 11.8 Å². The normalized spacial score (nSPS) is 11.7. The van der Waals surface area contributed by atoms with E-state index >= 15 is 0 Å². The lowest BCUT2D eigenvalue weighted by Crippen LogP contribution is -2.39. The van der Waals surface area contributed by atoms with E-state index in [-0.39, 0.29) is 18.1 Å². The molecule has 0 aliphatic rings. The minimum Gasteiger partial charge on any atom is -0.467 e. The molecule has 0 spiro atoms. The fourth-order valence-electron chi connectivity index (χ4n) is 2.53. The molecule has 150 valence electrons. The Morgan fingerprint density at radius 1 is 1.21 bits per heavy atom. The molecule has 0 radical (unpaired) electrons. The molecule has 0 saturated carbocycles. The van der Waals surface area contributed by atoms with E-state index < -0.39 is 18.6 Å². The highest BCUT2D eigenvalue weighted by Gasteiger charge is 2.33. The summed E-state index contributed by atoms with van der Waals surface area (Å²) in [7, 11) is 0. The molecule has 3 aromatic rings. The van der Waals surface area contributed by atoms with Crippen LogP contribution in [0.25, 0.3) is 11.6 Å². The van der Waals surface area contributed by atoms with Gasteiger partial charge in [-0.1, -0.05) is 11.8 Å². The maximum atomic E-state index is 12.9. The minimum absolute atomic E-state index is 0.215. The molecule has 0 saturated heterocycles. The van der Waals surface area contributed by atoms with Gasteiger partial charge in [0.15, 0.2) is 16.7 Å². The van der Waals surface area contributed by atoms with Gasteiger partial charge < -0.3 is 13.7 Å². The fourth-order valence-corrected chi connectivity index (χ4v) is 3.43. The van der Waals surface area contributed by atoms with Crippen LogP contribution in [0.1, 0.15) is 12.7 Å². The predicted molar refractivity (Wildman–Crippen MR) is 94.3 cm³/mol. The monoisotopic (exact) mass is 414 g/mol. The molecule has 0 atom stereocenters.